The Morgan fingerprint density at radius 1 is 1.00 bits per heavy atom. The van der Waals surface area contributed by atoms with Gasteiger partial charge in [0.1, 0.15) is 0 Å². The van der Waals surface area contributed by atoms with E-state index in [-0.39, 0.29) is 16.6 Å². The van der Waals surface area contributed by atoms with Gasteiger partial charge in [0.25, 0.3) is 10.0 Å². The van der Waals surface area contributed by atoms with Crippen molar-refractivity contribution in [2.24, 2.45) is 0 Å². The predicted octanol–water partition coefficient (Wildman–Crippen LogP) is 3.22. The van der Waals surface area contributed by atoms with Crippen LogP contribution < -0.4 is 9.62 Å². The first-order chi connectivity index (χ1) is 15.9. The molecule has 0 spiro atoms. The maximum Gasteiger partial charge on any atom is 0.264 e. The van der Waals surface area contributed by atoms with Gasteiger partial charge in [-0.15, -0.1) is 5.10 Å². The molecule has 0 aliphatic heterocycles. The number of sulfonamides is 1. The first-order valence-corrected chi connectivity index (χ1v) is 12.3. The standard InChI is InChI=1S/C22H20N6O3S2/c1-27(18-10-4-2-5-11-18)33(30,31)20-14-8-9-17(15-20)23-21(29)16-32-22-24-25-26-28(22)19-12-6-3-7-13-19/h2-15H,16H2,1H3,(H,23,29). The number of tetrazole rings is 1. The molecule has 0 radical (unpaired) electrons. The van der Waals surface area contributed by atoms with E-state index in [4.69, 9.17) is 0 Å². The second kappa shape index (κ2) is 9.84. The molecule has 0 unspecified atom stereocenters. The molecule has 0 aliphatic rings. The van der Waals surface area contributed by atoms with E-state index in [1.807, 2.05) is 36.4 Å². The minimum absolute atomic E-state index is 0.0497. The minimum atomic E-state index is -3.79. The van der Waals surface area contributed by atoms with Gasteiger partial charge in [0.2, 0.25) is 11.1 Å². The first-order valence-electron chi connectivity index (χ1n) is 9.85. The summed E-state index contributed by atoms with van der Waals surface area (Å²) in [6.07, 6.45) is 0. The van der Waals surface area contributed by atoms with Gasteiger partial charge in [0, 0.05) is 12.7 Å². The molecule has 0 fully saturated rings. The zero-order valence-corrected chi connectivity index (χ0v) is 19.2. The number of aromatic nitrogens is 4. The van der Waals surface area contributed by atoms with Crippen LogP contribution in [0, 0.1) is 0 Å². The van der Waals surface area contributed by atoms with Crippen LogP contribution in [0.3, 0.4) is 0 Å². The number of carbonyl (C=O) groups is 1. The number of nitrogens with zero attached hydrogens (tertiary/aromatic N) is 5. The Kier molecular flexibility index (Phi) is 6.71. The van der Waals surface area contributed by atoms with Gasteiger partial charge in [-0.1, -0.05) is 54.2 Å². The number of thioether (sulfide) groups is 1. The van der Waals surface area contributed by atoms with Crippen LogP contribution in [-0.4, -0.2) is 47.3 Å². The average Bonchev–Trinajstić information content (AvgIpc) is 3.32. The SMILES string of the molecule is CN(c1ccccc1)S(=O)(=O)c1cccc(NC(=O)CSc2nnnn2-c2ccccc2)c1. The molecular formula is C22H20N6O3S2. The topological polar surface area (TPSA) is 110 Å². The van der Waals surface area contributed by atoms with E-state index in [1.54, 1.807) is 41.1 Å². The molecule has 4 rings (SSSR count). The highest BCUT2D eigenvalue weighted by Gasteiger charge is 2.21. The molecular weight excluding hydrogens is 460 g/mol. The number of amides is 1. The maximum absolute atomic E-state index is 13.0. The number of nitrogens with one attached hydrogen (secondary N) is 1. The summed E-state index contributed by atoms with van der Waals surface area (Å²) in [5.74, 6) is -0.262. The van der Waals surface area contributed by atoms with Crippen molar-refractivity contribution in [1.82, 2.24) is 20.2 Å². The minimum Gasteiger partial charge on any atom is -0.325 e. The highest BCUT2D eigenvalue weighted by Crippen LogP contribution is 2.24. The lowest BCUT2D eigenvalue weighted by molar-refractivity contribution is -0.113. The molecule has 1 heterocycles. The lowest BCUT2D eigenvalue weighted by Gasteiger charge is -2.19. The summed E-state index contributed by atoms with van der Waals surface area (Å²) in [5, 5.41) is 14.8. The monoisotopic (exact) mass is 480 g/mol. The molecule has 1 N–H and O–H groups in total. The van der Waals surface area contributed by atoms with E-state index >= 15 is 0 Å². The van der Waals surface area contributed by atoms with Crippen LogP contribution in [0.2, 0.25) is 0 Å². The lowest BCUT2D eigenvalue weighted by atomic mass is 10.3. The molecule has 33 heavy (non-hydrogen) atoms. The first kappa shape index (κ1) is 22.5. The molecule has 9 nitrogen and oxygen atoms in total. The molecule has 0 bridgehead atoms. The number of hydrogen-bond donors (Lipinski definition) is 1. The van der Waals surface area contributed by atoms with E-state index in [0.717, 1.165) is 5.69 Å². The van der Waals surface area contributed by atoms with E-state index < -0.39 is 10.0 Å². The molecule has 0 aliphatic carbocycles. The largest absolute Gasteiger partial charge is 0.325 e. The third kappa shape index (κ3) is 5.21. The Bertz CT molecular complexity index is 1340. The second-order valence-electron chi connectivity index (χ2n) is 6.88. The quantitative estimate of drug-likeness (QED) is 0.386. The summed E-state index contributed by atoms with van der Waals surface area (Å²) in [6, 6.07) is 24.3. The van der Waals surface area contributed by atoms with Crippen molar-refractivity contribution in [3.63, 3.8) is 0 Å². The van der Waals surface area contributed by atoms with Gasteiger partial charge in [0.05, 0.1) is 22.0 Å². The van der Waals surface area contributed by atoms with Gasteiger partial charge in [-0.25, -0.2) is 8.42 Å². The fourth-order valence-corrected chi connectivity index (χ4v) is 4.93. The van der Waals surface area contributed by atoms with Gasteiger partial charge in [-0.2, -0.15) is 4.68 Å². The van der Waals surface area contributed by atoms with Crippen molar-refractivity contribution in [3.05, 3.63) is 84.9 Å². The summed E-state index contributed by atoms with van der Waals surface area (Å²) in [4.78, 5) is 12.6. The van der Waals surface area contributed by atoms with Gasteiger partial charge >= 0.3 is 0 Å². The van der Waals surface area contributed by atoms with E-state index in [0.29, 0.717) is 16.5 Å². The summed E-state index contributed by atoms with van der Waals surface area (Å²) >= 11 is 1.18. The van der Waals surface area contributed by atoms with Crippen molar-refractivity contribution >= 4 is 39.1 Å². The van der Waals surface area contributed by atoms with Crippen LogP contribution in [0.1, 0.15) is 0 Å². The third-order valence-electron chi connectivity index (χ3n) is 4.67. The summed E-state index contributed by atoms with van der Waals surface area (Å²) < 4.78 is 28.8. The molecule has 0 saturated carbocycles. The van der Waals surface area contributed by atoms with E-state index in [2.05, 4.69) is 20.8 Å². The second-order valence-corrected chi connectivity index (χ2v) is 9.79. The molecule has 3 aromatic carbocycles. The number of hydrogen-bond acceptors (Lipinski definition) is 7. The lowest BCUT2D eigenvalue weighted by Crippen LogP contribution is -2.26. The van der Waals surface area contributed by atoms with Crippen LogP contribution in [0.4, 0.5) is 11.4 Å². The van der Waals surface area contributed by atoms with Crippen molar-refractivity contribution < 1.29 is 13.2 Å². The fraction of sp³-hybridized carbons (Fsp3) is 0.0909. The van der Waals surface area contributed by atoms with Crippen LogP contribution in [-0.2, 0) is 14.8 Å². The highest BCUT2D eigenvalue weighted by atomic mass is 32.2. The van der Waals surface area contributed by atoms with Gasteiger partial charge in [-0.05, 0) is 52.9 Å². The van der Waals surface area contributed by atoms with Gasteiger partial charge < -0.3 is 5.32 Å². The van der Waals surface area contributed by atoms with Crippen LogP contribution in [0.25, 0.3) is 5.69 Å². The Morgan fingerprint density at radius 2 is 1.70 bits per heavy atom. The molecule has 11 heteroatoms. The molecule has 1 amide bonds. The predicted molar refractivity (Wildman–Crippen MR) is 127 cm³/mol. The van der Waals surface area contributed by atoms with Crippen molar-refractivity contribution in [2.45, 2.75) is 10.1 Å². The smallest absolute Gasteiger partial charge is 0.264 e. The summed E-state index contributed by atoms with van der Waals surface area (Å²) in [5.41, 5.74) is 1.70. The fourth-order valence-electron chi connectivity index (χ4n) is 3.00. The van der Waals surface area contributed by atoms with Crippen molar-refractivity contribution in [2.75, 3.05) is 22.4 Å². The molecule has 1 aromatic heterocycles. The molecule has 168 valence electrons. The average molecular weight is 481 g/mol. The number of para-hydroxylation sites is 2. The van der Waals surface area contributed by atoms with Gasteiger partial charge in [-0.3, -0.25) is 9.10 Å². The Balaban J connectivity index is 1.43. The molecule has 0 atom stereocenters. The highest BCUT2D eigenvalue weighted by molar-refractivity contribution is 7.99. The summed E-state index contributed by atoms with van der Waals surface area (Å²) in [6.45, 7) is 0. The van der Waals surface area contributed by atoms with Crippen molar-refractivity contribution in [3.8, 4) is 5.69 Å². The number of anilines is 2. The Hall–Kier alpha value is -3.70. The zero-order valence-electron chi connectivity index (χ0n) is 17.6. The molecule has 4 aromatic rings. The van der Waals surface area contributed by atoms with Gasteiger partial charge in [0.15, 0.2) is 0 Å². The number of rotatable bonds is 8. The van der Waals surface area contributed by atoms with Crippen LogP contribution in [0.15, 0.2) is 95.0 Å². The van der Waals surface area contributed by atoms with Crippen LogP contribution in [0.5, 0.6) is 0 Å². The summed E-state index contributed by atoms with van der Waals surface area (Å²) in [7, 11) is -2.30. The molecule has 0 saturated heterocycles. The van der Waals surface area contributed by atoms with Crippen molar-refractivity contribution in [1.29, 1.82) is 0 Å². The van der Waals surface area contributed by atoms with Crippen LogP contribution >= 0.6 is 11.8 Å². The number of benzene rings is 3. The third-order valence-corrected chi connectivity index (χ3v) is 7.37. The zero-order chi connectivity index (χ0) is 23.3. The Morgan fingerprint density at radius 3 is 2.42 bits per heavy atom. The Labute approximate surface area is 195 Å². The van der Waals surface area contributed by atoms with E-state index in [9.17, 15) is 13.2 Å². The van der Waals surface area contributed by atoms with E-state index in [1.165, 1.54) is 35.2 Å². The maximum atomic E-state index is 13.0. The number of carbonyl (C=O) groups excluding carboxylic acids is 1. The normalized spacial score (nSPS) is 11.2.